The predicted molar refractivity (Wildman–Crippen MR) is 78.5 cm³/mol. The molecule has 0 saturated heterocycles. The third-order valence-electron chi connectivity index (χ3n) is 2.41. The van der Waals surface area contributed by atoms with Crippen molar-refractivity contribution in [1.29, 1.82) is 0 Å². The van der Waals surface area contributed by atoms with Gasteiger partial charge < -0.3 is 10.5 Å². The monoisotopic (exact) mass is 297 g/mol. The van der Waals surface area contributed by atoms with E-state index in [9.17, 15) is 4.39 Å². The Balaban J connectivity index is 1.83. The topological polar surface area (TPSA) is 35.2 Å². The first-order valence-electron chi connectivity index (χ1n) is 5.72. The van der Waals surface area contributed by atoms with Crippen LogP contribution in [0.4, 0.5) is 10.1 Å². The number of para-hydroxylation sites is 1. The van der Waals surface area contributed by atoms with Gasteiger partial charge in [0, 0.05) is 21.4 Å². The van der Waals surface area contributed by atoms with Crippen LogP contribution in [0.2, 0.25) is 5.02 Å². The van der Waals surface area contributed by atoms with Gasteiger partial charge in [0.25, 0.3) is 0 Å². The number of hydrogen-bond donors (Lipinski definition) is 1. The summed E-state index contributed by atoms with van der Waals surface area (Å²) in [7, 11) is 0. The summed E-state index contributed by atoms with van der Waals surface area (Å²) >= 11 is 7.37. The largest absolute Gasteiger partial charge is 0.490 e. The van der Waals surface area contributed by atoms with Crippen LogP contribution in [0.1, 0.15) is 0 Å². The average Bonchev–Trinajstić information content (AvgIpc) is 2.38. The van der Waals surface area contributed by atoms with Crippen molar-refractivity contribution >= 4 is 29.1 Å². The summed E-state index contributed by atoms with van der Waals surface area (Å²) in [5.74, 6) is 0.603. The van der Waals surface area contributed by atoms with Gasteiger partial charge in [-0.15, -0.1) is 11.8 Å². The Hall–Kier alpha value is -1.39. The van der Waals surface area contributed by atoms with Gasteiger partial charge in [0.1, 0.15) is 0 Å². The van der Waals surface area contributed by atoms with Gasteiger partial charge in [-0.2, -0.15) is 0 Å². The number of benzene rings is 2. The number of thioether (sulfide) groups is 1. The van der Waals surface area contributed by atoms with E-state index in [-0.39, 0.29) is 11.6 Å². The van der Waals surface area contributed by atoms with E-state index in [1.165, 1.54) is 6.07 Å². The zero-order chi connectivity index (χ0) is 13.7. The Labute approximate surface area is 120 Å². The molecule has 0 spiro atoms. The summed E-state index contributed by atoms with van der Waals surface area (Å²) in [5.41, 5.74) is 6.47. The first-order valence-corrected chi connectivity index (χ1v) is 7.08. The Bertz CT molecular complexity index is 565. The highest BCUT2D eigenvalue weighted by Gasteiger charge is 2.03. The fourth-order valence-electron chi connectivity index (χ4n) is 1.52. The molecular weight excluding hydrogens is 285 g/mol. The third-order valence-corrected chi connectivity index (χ3v) is 3.70. The summed E-state index contributed by atoms with van der Waals surface area (Å²) in [4.78, 5) is 0.946. The van der Waals surface area contributed by atoms with Crippen LogP contribution >= 0.6 is 23.4 Å². The number of halogens is 2. The average molecular weight is 298 g/mol. The van der Waals surface area contributed by atoms with Crippen LogP contribution in [0, 0.1) is 5.82 Å². The molecule has 2 N–H and O–H groups in total. The molecule has 2 aromatic rings. The van der Waals surface area contributed by atoms with Gasteiger partial charge in [0.15, 0.2) is 11.6 Å². The van der Waals surface area contributed by atoms with E-state index >= 15 is 0 Å². The maximum Gasteiger partial charge on any atom is 0.165 e. The summed E-state index contributed by atoms with van der Waals surface area (Å²) in [6.07, 6.45) is 0. The van der Waals surface area contributed by atoms with Crippen molar-refractivity contribution in [1.82, 2.24) is 0 Å². The lowest BCUT2D eigenvalue weighted by atomic mass is 10.3. The molecule has 0 aliphatic heterocycles. The number of ether oxygens (including phenoxy) is 1. The van der Waals surface area contributed by atoms with Crippen molar-refractivity contribution in [2.45, 2.75) is 4.90 Å². The zero-order valence-corrected chi connectivity index (χ0v) is 11.7. The number of hydrogen-bond acceptors (Lipinski definition) is 3. The molecular formula is C14H13ClFNOS. The second kappa shape index (κ2) is 6.68. The van der Waals surface area contributed by atoms with Gasteiger partial charge in [-0.3, -0.25) is 0 Å². The van der Waals surface area contributed by atoms with Crippen molar-refractivity contribution in [3.8, 4) is 5.75 Å². The molecule has 0 atom stereocenters. The molecule has 100 valence electrons. The maximum atomic E-state index is 13.3. The highest BCUT2D eigenvalue weighted by atomic mass is 35.5. The van der Waals surface area contributed by atoms with Gasteiger partial charge in [-0.1, -0.05) is 23.7 Å². The SMILES string of the molecule is Nc1cc(Cl)ccc1SCCOc1ccccc1F. The predicted octanol–water partition coefficient (Wildman–Crippen LogP) is 4.23. The molecule has 0 fully saturated rings. The summed E-state index contributed by atoms with van der Waals surface area (Å²) in [5, 5.41) is 0.615. The number of anilines is 1. The van der Waals surface area contributed by atoms with Crippen LogP contribution in [-0.2, 0) is 0 Å². The second-order valence-corrected chi connectivity index (χ2v) is 5.38. The van der Waals surface area contributed by atoms with E-state index < -0.39 is 0 Å². The third kappa shape index (κ3) is 4.04. The lowest BCUT2D eigenvalue weighted by molar-refractivity contribution is 0.325. The normalized spacial score (nSPS) is 10.4. The number of rotatable bonds is 5. The molecule has 2 rings (SSSR count). The van der Waals surface area contributed by atoms with E-state index in [4.69, 9.17) is 22.1 Å². The summed E-state index contributed by atoms with van der Waals surface area (Å²) < 4.78 is 18.6. The zero-order valence-electron chi connectivity index (χ0n) is 10.1. The molecule has 0 saturated carbocycles. The Morgan fingerprint density at radius 2 is 2.00 bits per heavy atom. The summed E-state index contributed by atoms with van der Waals surface area (Å²) in [6, 6.07) is 11.7. The van der Waals surface area contributed by atoms with Crippen LogP contribution in [-0.4, -0.2) is 12.4 Å². The highest BCUT2D eigenvalue weighted by Crippen LogP contribution is 2.27. The number of nitrogen functional groups attached to an aromatic ring is 1. The second-order valence-electron chi connectivity index (χ2n) is 3.81. The van der Waals surface area contributed by atoms with E-state index in [0.29, 0.717) is 23.1 Å². The fraction of sp³-hybridized carbons (Fsp3) is 0.143. The molecule has 19 heavy (non-hydrogen) atoms. The molecule has 5 heteroatoms. The van der Waals surface area contributed by atoms with Crippen LogP contribution in [0.3, 0.4) is 0 Å². The molecule has 0 aliphatic rings. The summed E-state index contributed by atoms with van der Waals surface area (Å²) in [6.45, 7) is 0.410. The molecule has 0 aromatic heterocycles. The highest BCUT2D eigenvalue weighted by molar-refractivity contribution is 7.99. The fourth-order valence-corrected chi connectivity index (χ4v) is 2.47. The van der Waals surface area contributed by atoms with Gasteiger partial charge in [-0.25, -0.2) is 4.39 Å². The van der Waals surface area contributed by atoms with E-state index in [0.717, 1.165) is 4.90 Å². The van der Waals surface area contributed by atoms with E-state index in [1.807, 2.05) is 6.07 Å². The Morgan fingerprint density at radius 3 is 2.74 bits per heavy atom. The van der Waals surface area contributed by atoms with E-state index in [2.05, 4.69) is 0 Å². The van der Waals surface area contributed by atoms with Crippen LogP contribution in [0.5, 0.6) is 5.75 Å². The molecule has 0 radical (unpaired) electrons. The molecule has 0 bridgehead atoms. The van der Waals surface area contributed by atoms with Gasteiger partial charge in [0.05, 0.1) is 6.61 Å². The minimum Gasteiger partial charge on any atom is -0.490 e. The molecule has 0 amide bonds. The molecule has 0 unspecified atom stereocenters. The standard InChI is InChI=1S/C14H13ClFNOS/c15-10-5-6-14(12(17)9-10)19-8-7-18-13-4-2-1-3-11(13)16/h1-6,9H,7-8,17H2. The van der Waals surface area contributed by atoms with Crippen LogP contribution in [0.15, 0.2) is 47.4 Å². The molecule has 2 aromatic carbocycles. The van der Waals surface area contributed by atoms with Crippen LogP contribution in [0.25, 0.3) is 0 Å². The van der Waals surface area contributed by atoms with Crippen molar-refractivity contribution in [3.63, 3.8) is 0 Å². The van der Waals surface area contributed by atoms with E-state index in [1.54, 1.807) is 42.1 Å². The number of nitrogens with two attached hydrogens (primary N) is 1. The lowest BCUT2D eigenvalue weighted by Gasteiger charge is -2.08. The Morgan fingerprint density at radius 1 is 1.21 bits per heavy atom. The van der Waals surface area contributed by atoms with Gasteiger partial charge in [-0.05, 0) is 30.3 Å². The minimum absolute atomic E-state index is 0.271. The van der Waals surface area contributed by atoms with Crippen molar-refractivity contribution in [2.75, 3.05) is 18.1 Å². The molecule has 0 aliphatic carbocycles. The van der Waals surface area contributed by atoms with Crippen LogP contribution < -0.4 is 10.5 Å². The first-order chi connectivity index (χ1) is 9.16. The molecule has 2 nitrogen and oxygen atoms in total. The lowest BCUT2D eigenvalue weighted by Crippen LogP contribution is -2.02. The molecule has 0 heterocycles. The Kier molecular flexibility index (Phi) is 4.93. The van der Waals surface area contributed by atoms with Crippen molar-refractivity contribution < 1.29 is 9.13 Å². The van der Waals surface area contributed by atoms with Gasteiger partial charge in [0.2, 0.25) is 0 Å². The van der Waals surface area contributed by atoms with Gasteiger partial charge >= 0.3 is 0 Å². The minimum atomic E-state index is -0.349. The van der Waals surface area contributed by atoms with Crippen molar-refractivity contribution in [2.24, 2.45) is 0 Å². The first kappa shape index (κ1) is 14.0. The maximum absolute atomic E-state index is 13.3. The quantitative estimate of drug-likeness (QED) is 0.509. The smallest absolute Gasteiger partial charge is 0.165 e. The van der Waals surface area contributed by atoms with Crippen molar-refractivity contribution in [3.05, 3.63) is 53.3 Å².